The van der Waals surface area contributed by atoms with Crippen molar-refractivity contribution in [1.29, 1.82) is 0 Å². The number of aliphatic hydroxyl groups is 3. The molecule has 0 aromatic rings. The molecule has 0 aliphatic rings. The molecule has 212 valence electrons. The van der Waals surface area contributed by atoms with E-state index in [1.807, 2.05) is 0 Å². The van der Waals surface area contributed by atoms with Gasteiger partial charge in [0.05, 0.1) is 6.61 Å². The summed E-state index contributed by atoms with van der Waals surface area (Å²) in [7, 11) is 0. The first-order chi connectivity index (χ1) is 17.4. The molecular formula is C31H58O5. The zero-order chi connectivity index (χ0) is 26.9. The summed E-state index contributed by atoms with van der Waals surface area (Å²) in [5.74, 6) is -1.19. The van der Waals surface area contributed by atoms with Gasteiger partial charge < -0.3 is 15.3 Å². The van der Waals surface area contributed by atoms with E-state index < -0.39 is 29.9 Å². The lowest BCUT2D eigenvalue weighted by Crippen LogP contribution is -2.55. The zero-order valence-electron chi connectivity index (χ0n) is 23.7. The van der Waals surface area contributed by atoms with Crippen LogP contribution in [0.3, 0.4) is 0 Å². The highest BCUT2D eigenvalue weighted by Crippen LogP contribution is 2.20. The Hall–Kier alpha value is -1.04. The second-order valence-corrected chi connectivity index (χ2v) is 10.6. The quantitative estimate of drug-likeness (QED) is 0.0791. The molecule has 2 unspecified atom stereocenters. The van der Waals surface area contributed by atoms with Crippen molar-refractivity contribution >= 4 is 11.6 Å². The summed E-state index contributed by atoms with van der Waals surface area (Å²) in [6, 6.07) is 0. The van der Waals surface area contributed by atoms with Crippen LogP contribution in [-0.2, 0) is 9.59 Å². The van der Waals surface area contributed by atoms with Crippen LogP contribution in [0.4, 0.5) is 0 Å². The van der Waals surface area contributed by atoms with E-state index in [-0.39, 0.29) is 12.8 Å². The number of hydrogen-bond donors (Lipinski definition) is 3. The standard InChI is InChI=1S/C31H58O5/c1-3-5-7-9-11-13-14-15-16-18-19-21-23-25-28(33)30(35)31(36,27-32)29(34)26-24-22-20-17-12-10-8-6-4-2/h13-14,30,32,35-36H,3-12,15-27H2,1-2H3. The lowest BCUT2D eigenvalue weighted by atomic mass is 9.85. The Morgan fingerprint density at radius 3 is 1.50 bits per heavy atom. The average Bonchev–Trinajstić information content (AvgIpc) is 2.89. The van der Waals surface area contributed by atoms with Gasteiger partial charge in [-0.3, -0.25) is 9.59 Å². The van der Waals surface area contributed by atoms with Crippen LogP contribution in [0.1, 0.15) is 155 Å². The molecule has 36 heavy (non-hydrogen) atoms. The third-order valence-corrected chi connectivity index (χ3v) is 7.17. The van der Waals surface area contributed by atoms with Crippen molar-refractivity contribution in [2.45, 2.75) is 167 Å². The van der Waals surface area contributed by atoms with Gasteiger partial charge in [-0.1, -0.05) is 116 Å². The van der Waals surface area contributed by atoms with Gasteiger partial charge in [-0.05, 0) is 38.5 Å². The van der Waals surface area contributed by atoms with E-state index >= 15 is 0 Å². The van der Waals surface area contributed by atoms with Crippen LogP contribution in [0.5, 0.6) is 0 Å². The van der Waals surface area contributed by atoms with Crippen molar-refractivity contribution in [2.75, 3.05) is 6.61 Å². The highest BCUT2D eigenvalue weighted by molar-refractivity contribution is 5.96. The molecular weight excluding hydrogens is 452 g/mol. The highest BCUT2D eigenvalue weighted by atomic mass is 16.4. The van der Waals surface area contributed by atoms with Gasteiger partial charge in [0.2, 0.25) is 0 Å². The van der Waals surface area contributed by atoms with E-state index in [1.165, 1.54) is 64.2 Å². The summed E-state index contributed by atoms with van der Waals surface area (Å²) < 4.78 is 0. The van der Waals surface area contributed by atoms with Gasteiger partial charge in [0.25, 0.3) is 0 Å². The maximum absolute atomic E-state index is 12.5. The molecule has 0 aromatic heterocycles. The molecule has 0 bridgehead atoms. The minimum Gasteiger partial charge on any atom is -0.393 e. The second-order valence-electron chi connectivity index (χ2n) is 10.6. The minimum atomic E-state index is -2.37. The maximum atomic E-state index is 12.5. The molecule has 0 amide bonds. The molecule has 3 N–H and O–H groups in total. The number of allylic oxidation sites excluding steroid dienone is 2. The van der Waals surface area contributed by atoms with Crippen molar-refractivity contribution in [3.8, 4) is 0 Å². The molecule has 0 heterocycles. The van der Waals surface area contributed by atoms with Gasteiger partial charge in [-0.15, -0.1) is 0 Å². The predicted octanol–water partition coefficient (Wildman–Crippen LogP) is 7.39. The molecule has 0 saturated carbocycles. The van der Waals surface area contributed by atoms with Crippen LogP contribution in [0, 0.1) is 0 Å². The van der Waals surface area contributed by atoms with Crippen LogP contribution >= 0.6 is 0 Å². The van der Waals surface area contributed by atoms with Gasteiger partial charge in [0.15, 0.2) is 23.3 Å². The Balaban J connectivity index is 3.98. The molecule has 0 radical (unpaired) electrons. The summed E-state index contributed by atoms with van der Waals surface area (Å²) in [5.41, 5.74) is -2.37. The van der Waals surface area contributed by atoms with E-state index in [2.05, 4.69) is 26.0 Å². The number of carbonyl (C=O) groups excluding carboxylic acids is 2. The fourth-order valence-electron chi connectivity index (χ4n) is 4.56. The van der Waals surface area contributed by atoms with Crippen LogP contribution in [0.25, 0.3) is 0 Å². The van der Waals surface area contributed by atoms with E-state index in [0.717, 1.165) is 51.4 Å². The summed E-state index contributed by atoms with van der Waals surface area (Å²) in [6.07, 6.45) is 25.0. The lowest BCUT2D eigenvalue weighted by Gasteiger charge is -2.29. The first kappa shape index (κ1) is 35.0. The van der Waals surface area contributed by atoms with Crippen molar-refractivity contribution in [3.05, 3.63) is 12.2 Å². The van der Waals surface area contributed by atoms with Crippen LogP contribution in [0.15, 0.2) is 12.2 Å². The number of aliphatic hydroxyl groups excluding tert-OH is 2. The van der Waals surface area contributed by atoms with E-state index in [4.69, 9.17) is 0 Å². The predicted molar refractivity (Wildman–Crippen MR) is 150 cm³/mol. The molecule has 0 spiro atoms. The van der Waals surface area contributed by atoms with Gasteiger partial charge in [0, 0.05) is 12.8 Å². The fraction of sp³-hybridized carbons (Fsp3) is 0.871. The minimum absolute atomic E-state index is 0.0738. The average molecular weight is 511 g/mol. The van der Waals surface area contributed by atoms with Gasteiger partial charge >= 0.3 is 0 Å². The lowest BCUT2D eigenvalue weighted by molar-refractivity contribution is -0.165. The third kappa shape index (κ3) is 17.4. The normalized spacial score (nSPS) is 14.2. The molecule has 0 rings (SSSR count). The van der Waals surface area contributed by atoms with Gasteiger partial charge in [0.1, 0.15) is 0 Å². The summed E-state index contributed by atoms with van der Waals surface area (Å²) in [5, 5.41) is 30.5. The smallest absolute Gasteiger partial charge is 0.178 e. The summed E-state index contributed by atoms with van der Waals surface area (Å²) >= 11 is 0. The van der Waals surface area contributed by atoms with Crippen molar-refractivity contribution < 1.29 is 24.9 Å². The van der Waals surface area contributed by atoms with Crippen molar-refractivity contribution in [1.82, 2.24) is 0 Å². The first-order valence-corrected chi connectivity index (χ1v) is 15.2. The van der Waals surface area contributed by atoms with Gasteiger partial charge in [-0.2, -0.15) is 0 Å². The van der Waals surface area contributed by atoms with Gasteiger partial charge in [-0.25, -0.2) is 0 Å². The first-order valence-electron chi connectivity index (χ1n) is 15.2. The van der Waals surface area contributed by atoms with E-state index in [1.54, 1.807) is 0 Å². The molecule has 0 aliphatic heterocycles. The Bertz CT molecular complexity index is 559. The third-order valence-electron chi connectivity index (χ3n) is 7.17. The Labute approximate surface area is 222 Å². The number of carbonyl (C=O) groups is 2. The number of unbranched alkanes of at least 4 members (excludes halogenated alkanes) is 17. The molecule has 5 nitrogen and oxygen atoms in total. The molecule has 2 atom stereocenters. The largest absolute Gasteiger partial charge is 0.393 e. The Morgan fingerprint density at radius 1 is 0.639 bits per heavy atom. The van der Waals surface area contributed by atoms with E-state index in [0.29, 0.717) is 12.8 Å². The van der Waals surface area contributed by atoms with Crippen LogP contribution in [0.2, 0.25) is 0 Å². The molecule has 0 fully saturated rings. The molecule has 0 aliphatic carbocycles. The number of rotatable bonds is 27. The fourth-order valence-corrected chi connectivity index (χ4v) is 4.56. The molecule has 5 heteroatoms. The summed E-state index contributed by atoms with van der Waals surface area (Å²) in [6.45, 7) is 3.50. The van der Waals surface area contributed by atoms with Crippen LogP contribution in [-0.4, -0.2) is 45.2 Å². The number of hydrogen-bond acceptors (Lipinski definition) is 5. The SMILES string of the molecule is CCCCCCC=CCCCCCCCC(=O)C(O)C(O)(CO)C(=O)CCCCCCCCCCC. The Morgan fingerprint density at radius 2 is 1.03 bits per heavy atom. The monoisotopic (exact) mass is 510 g/mol. The van der Waals surface area contributed by atoms with Crippen molar-refractivity contribution in [2.24, 2.45) is 0 Å². The molecule has 0 aromatic carbocycles. The Kier molecular flexibility index (Phi) is 23.6. The summed E-state index contributed by atoms with van der Waals surface area (Å²) in [4.78, 5) is 24.9. The maximum Gasteiger partial charge on any atom is 0.178 e. The van der Waals surface area contributed by atoms with Crippen molar-refractivity contribution in [3.63, 3.8) is 0 Å². The molecule has 0 saturated heterocycles. The van der Waals surface area contributed by atoms with E-state index in [9.17, 15) is 24.9 Å². The zero-order valence-corrected chi connectivity index (χ0v) is 23.7. The topological polar surface area (TPSA) is 94.8 Å². The highest BCUT2D eigenvalue weighted by Gasteiger charge is 2.45. The number of Topliss-reactive ketones (excluding diaryl/α,β-unsaturated/α-hetero) is 2. The number of ketones is 2. The van der Waals surface area contributed by atoms with Crippen LogP contribution < -0.4 is 0 Å². The second kappa shape index (κ2) is 24.3.